The molecule has 0 aliphatic heterocycles. The van der Waals surface area contributed by atoms with Crippen molar-refractivity contribution in [3.8, 4) is 5.88 Å². The lowest BCUT2D eigenvalue weighted by Gasteiger charge is -1.98. The van der Waals surface area contributed by atoms with Crippen LogP contribution in [0.25, 0.3) is 10.9 Å². The summed E-state index contributed by atoms with van der Waals surface area (Å²) in [6.07, 6.45) is 3.15. The average molecular weight is 181 g/mol. The molecule has 4 heteroatoms. The standard InChI is InChI=1S/C8H5ClN2O/c9-6-7-5(2-1-3-10-7)4-11-8(6)12/h1-4H,(H,11,12). The molecule has 0 aliphatic carbocycles. The molecular weight excluding hydrogens is 176 g/mol. The third-order valence-electron chi connectivity index (χ3n) is 1.57. The molecular formula is C8H5ClN2O. The quantitative estimate of drug-likeness (QED) is 0.675. The molecule has 0 amide bonds. The van der Waals surface area contributed by atoms with E-state index in [9.17, 15) is 0 Å². The van der Waals surface area contributed by atoms with Crippen molar-refractivity contribution in [2.24, 2.45) is 0 Å². The third-order valence-corrected chi connectivity index (χ3v) is 1.92. The molecule has 0 aliphatic rings. The number of aromatic nitrogens is 2. The van der Waals surface area contributed by atoms with Crippen molar-refractivity contribution in [1.82, 2.24) is 9.97 Å². The number of halogens is 1. The Labute approximate surface area is 73.6 Å². The molecule has 0 saturated carbocycles. The summed E-state index contributed by atoms with van der Waals surface area (Å²) < 4.78 is 0. The number of rotatable bonds is 0. The van der Waals surface area contributed by atoms with E-state index in [-0.39, 0.29) is 10.9 Å². The lowest BCUT2D eigenvalue weighted by atomic mass is 10.3. The van der Waals surface area contributed by atoms with E-state index in [4.69, 9.17) is 16.7 Å². The molecule has 3 nitrogen and oxygen atoms in total. The Morgan fingerprint density at radius 3 is 3.00 bits per heavy atom. The third kappa shape index (κ3) is 0.987. The second kappa shape index (κ2) is 2.60. The van der Waals surface area contributed by atoms with Gasteiger partial charge in [-0.05, 0) is 12.1 Å². The Kier molecular flexibility index (Phi) is 1.59. The molecule has 0 unspecified atom stereocenters. The van der Waals surface area contributed by atoms with E-state index in [1.54, 1.807) is 12.3 Å². The largest absolute Gasteiger partial charge is 0.492 e. The summed E-state index contributed by atoms with van der Waals surface area (Å²) in [7, 11) is 0. The van der Waals surface area contributed by atoms with Gasteiger partial charge >= 0.3 is 0 Å². The molecule has 0 saturated heterocycles. The predicted molar refractivity (Wildman–Crippen MR) is 46.2 cm³/mol. The molecule has 0 radical (unpaired) electrons. The number of fused-ring (bicyclic) bond motifs is 1. The van der Waals surface area contributed by atoms with Crippen LogP contribution in [-0.4, -0.2) is 15.1 Å². The minimum Gasteiger partial charge on any atom is -0.492 e. The summed E-state index contributed by atoms with van der Waals surface area (Å²) in [5, 5.41) is 10.2. The highest BCUT2D eigenvalue weighted by Gasteiger charge is 2.04. The van der Waals surface area contributed by atoms with Gasteiger partial charge in [0.15, 0.2) is 0 Å². The molecule has 2 aromatic rings. The maximum absolute atomic E-state index is 9.13. The Hall–Kier alpha value is -1.35. The van der Waals surface area contributed by atoms with E-state index in [0.29, 0.717) is 5.52 Å². The van der Waals surface area contributed by atoms with E-state index < -0.39 is 0 Å². The molecule has 0 atom stereocenters. The number of nitrogens with zero attached hydrogens (tertiary/aromatic N) is 2. The molecule has 0 fully saturated rings. The van der Waals surface area contributed by atoms with Gasteiger partial charge in [0.25, 0.3) is 0 Å². The van der Waals surface area contributed by atoms with Gasteiger partial charge in [-0.2, -0.15) is 0 Å². The van der Waals surface area contributed by atoms with Crippen LogP contribution in [0.5, 0.6) is 5.88 Å². The second-order valence-electron chi connectivity index (χ2n) is 2.34. The number of pyridine rings is 2. The SMILES string of the molecule is Oc1ncc2cccnc2c1Cl. The number of hydrogen-bond acceptors (Lipinski definition) is 3. The van der Waals surface area contributed by atoms with E-state index >= 15 is 0 Å². The summed E-state index contributed by atoms with van der Waals surface area (Å²) in [6, 6.07) is 3.62. The molecule has 2 rings (SSSR count). The topological polar surface area (TPSA) is 46.0 Å². The maximum atomic E-state index is 9.13. The highest BCUT2D eigenvalue weighted by Crippen LogP contribution is 2.27. The van der Waals surface area contributed by atoms with E-state index in [1.165, 1.54) is 6.20 Å². The van der Waals surface area contributed by atoms with Crippen LogP contribution in [0.15, 0.2) is 24.5 Å². The van der Waals surface area contributed by atoms with Gasteiger partial charge in [0, 0.05) is 17.8 Å². The molecule has 60 valence electrons. The number of aromatic hydroxyl groups is 1. The fourth-order valence-electron chi connectivity index (χ4n) is 0.999. The molecule has 2 aromatic heterocycles. The molecule has 1 N–H and O–H groups in total. The van der Waals surface area contributed by atoms with Crippen molar-refractivity contribution in [3.63, 3.8) is 0 Å². The van der Waals surface area contributed by atoms with Crippen LogP contribution in [-0.2, 0) is 0 Å². The van der Waals surface area contributed by atoms with Crippen LogP contribution < -0.4 is 0 Å². The molecule has 0 bridgehead atoms. The first-order chi connectivity index (χ1) is 5.79. The van der Waals surface area contributed by atoms with Crippen molar-refractivity contribution in [2.45, 2.75) is 0 Å². The Morgan fingerprint density at radius 1 is 1.33 bits per heavy atom. The summed E-state index contributed by atoms with van der Waals surface area (Å²) in [4.78, 5) is 7.70. The maximum Gasteiger partial charge on any atom is 0.232 e. The first-order valence-corrected chi connectivity index (χ1v) is 3.75. The predicted octanol–water partition coefficient (Wildman–Crippen LogP) is 1.99. The highest BCUT2D eigenvalue weighted by atomic mass is 35.5. The fraction of sp³-hybridized carbons (Fsp3) is 0. The zero-order valence-corrected chi connectivity index (χ0v) is 6.78. The van der Waals surface area contributed by atoms with Gasteiger partial charge in [-0.15, -0.1) is 0 Å². The average Bonchev–Trinajstić information content (AvgIpc) is 2.12. The summed E-state index contributed by atoms with van der Waals surface area (Å²) in [6.45, 7) is 0. The van der Waals surface area contributed by atoms with Crippen LogP contribution in [0, 0.1) is 0 Å². The highest BCUT2D eigenvalue weighted by molar-refractivity contribution is 6.36. The lowest BCUT2D eigenvalue weighted by Crippen LogP contribution is -1.82. The molecule has 2 heterocycles. The van der Waals surface area contributed by atoms with Crippen molar-refractivity contribution in [3.05, 3.63) is 29.5 Å². The van der Waals surface area contributed by atoms with Gasteiger partial charge in [-0.1, -0.05) is 11.6 Å². The minimum absolute atomic E-state index is 0.178. The Morgan fingerprint density at radius 2 is 2.17 bits per heavy atom. The van der Waals surface area contributed by atoms with E-state index in [0.717, 1.165) is 5.39 Å². The van der Waals surface area contributed by atoms with Crippen molar-refractivity contribution >= 4 is 22.5 Å². The fourth-order valence-corrected chi connectivity index (χ4v) is 1.21. The second-order valence-corrected chi connectivity index (χ2v) is 2.71. The van der Waals surface area contributed by atoms with Crippen molar-refractivity contribution < 1.29 is 5.11 Å². The zero-order valence-electron chi connectivity index (χ0n) is 6.03. The summed E-state index contributed by atoms with van der Waals surface area (Å²) >= 11 is 5.75. The smallest absolute Gasteiger partial charge is 0.232 e. The van der Waals surface area contributed by atoms with Gasteiger partial charge in [-0.3, -0.25) is 4.98 Å². The Balaban J connectivity index is 2.91. The molecule has 0 aromatic carbocycles. The van der Waals surface area contributed by atoms with Gasteiger partial charge in [0.1, 0.15) is 5.02 Å². The first kappa shape index (κ1) is 7.31. The van der Waals surface area contributed by atoms with Crippen LogP contribution in [0.3, 0.4) is 0 Å². The van der Waals surface area contributed by atoms with Gasteiger partial charge in [0.2, 0.25) is 5.88 Å². The van der Waals surface area contributed by atoms with Crippen LogP contribution in [0.1, 0.15) is 0 Å². The lowest BCUT2D eigenvalue weighted by molar-refractivity contribution is 0.455. The van der Waals surface area contributed by atoms with Crippen LogP contribution >= 0.6 is 11.6 Å². The Bertz CT molecular complexity index is 430. The van der Waals surface area contributed by atoms with Gasteiger partial charge < -0.3 is 5.11 Å². The van der Waals surface area contributed by atoms with Crippen molar-refractivity contribution in [1.29, 1.82) is 0 Å². The monoisotopic (exact) mass is 180 g/mol. The zero-order chi connectivity index (χ0) is 8.55. The van der Waals surface area contributed by atoms with Gasteiger partial charge in [-0.25, -0.2) is 4.98 Å². The van der Waals surface area contributed by atoms with E-state index in [2.05, 4.69) is 9.97 Å². The number of hydrogen-bond donors (Lipinski definition) is 1. The normalized spacial score (nSPS) is 10.4. The molecule has 12 heavy (non-hydrogen) atoms. The first-order valence-electron chi connectivity index (χ1n) is 3.37. The van der Waals surface area contributed by atoms with Crippen LogP contribution in [0.2, 0.25) is 5.02 Å². The van der Waals surface area contributed by atoms with Crippen LogP contribution in [0.4, 0.5) is 0 Å². The summed E-state index contributed by atoms with van der Waals surface area (Å²) in [5.74, 6) is -0.178. The minimum atomic E-state index is -0.178. The van der Waals surface area contributed by atoms with Crippen molar-refractivity contribution in [2.75, 3.05) is 0 Å². The molecule has 0 spiro atoms. The van der Waals surface area contributed by atoms with E-state index in [1.807, 2.05) is 6.07 Å². The summed E-state index contributed by atoms with van der Waals surface area (Å²) in [5.41, 5.74) is 0.576. The van der Waals surface area contributed by atoms with Gasteiger partial charge in [0.05, 0.1) is 5.52 Å².